The first-order valence-electron chi connectivity index (χ1n) is 8.17. The van der Waals surface area contributed by atoms with Crippen molar-refractivity contribution in [2.24, 2.45) is 17.6 Å². The zero-order valence-corrected chi connectivity index (χ0v) is 13.7. The lowest BCUT2D eigenvalue weighted by atomic mass is 9.92. The highest BCUT2D eigenvalue weighted by atomic mass is 16.5. The maximum absolute atomic E-state index is 13.0. The van der Waals surface area contributed by atoms with Crippen molar-refractivity contribution in [1.29, 1.82) is 0 Å². The summed E-state index contributed by atoms with van der Waals surface area (Å²) in [6, 6.07) is 8.04. The molecule has 0 unspecified atom stereocenters. The molecule has 1 amide bonds. The van der Waals surface area contributed by atoms with Crippen LogP contribution in [0.1, 0.15) is 32.3 Å². The molecule has 0 bridgehead atoms. The van der Waals surface area contributed by atoms with Gasteiger partial charge in [-0.2, -0.15) is 0 Å². The molecular weight excluding hydrogens is 276 g/mol. The Morgan fingerprint density at radius 1 is 1.27 bits per heavy atom. The predicted octanol–water partition coefficient (Wildman–Crippen LogP) is 2.17. The zero-order valence-electron chi connectivity index (χ0n) is 13.7. The van der Waals surface area contributed by atoms with E-state index >= 15 is 0 Å². The van der Waals surface area contributed by atoms with Crippen LogP contribution in [-0.4, -0.2) is 37.0 Å². The van der Waals surface area contributed by atoms with Crippen LogP contribution in [0.4, 0.5) is 0 Å². The van der Waals surface area contributed by atoms with E-state index in [9.17, 15) is 4.79 Å². The molecule has 1 saturated heterocycles. The van der Waals surface area contributed by atoms with Crippen LogP contribution in [0.2, 0.25) is 0 Å². The number of ether oxygens (including phenoxy) is 1. The van der Waals surface area contributed by atoms with Crippen LogP contribution in [-0.2, 0) is 10.2 Å². The number of hydrogen-bond acceptors (Lipinski definition) is 3. The van der Waals surface area contributed by atoms with Gasteiger partial charge in [-0.05, 0) is 42.4 Å². The molecule has 120 valence electrons. The SMILES string of the molecule is COc1ccc(C2(C(=O)N3C[C@@H](N)[C@H](C(C)C)C3)CC2)cc1. The third kappa shape index (κ3) is 2.50. The average Bonchev–Trinajstić information content (AvgIpc) is 3.23. The number of carbonyl (C=O) groups is 1. The third-order valence-electron chi connectivity index (χ3n) is 5.36. The molecule has 1 aromatic rings. The molecule has 1 saturated carbocycles. The molecule has 1 aliphatic heterocycles. The lowest BCUT2D eigenvalue weighted by Crippen LogP contribution is -2.39. The lowest BCUT2D eigenvalue weighted by molar-refractivity contribution is -0.133. The Morgan fingerprint density at radius 3 is 2.36 bits per heavy atom. The highest BCUT2D eigenvalue weighted by molar-refractivity contribution is 5.91. The number of hydrogen-bond donors (Lipinski definition) is 1. The van der Waals surface area contributed by atoms with Crippen LogP contribution >= 0.6 is 0 Å². The third-order valence-corrected chi connectivity index (χ3v) is 5.36. The Bertz CT molecular complexity index is 549. The predicted molar refractivity (Wildman–Crippen MR) is 86.8 cm³/mol. The van der Waals surface area contributed by atoms with E-state index in [0.717, 1.165) is 30.7 Å². The second-order valence-electron chi connectivity index (χ2n) is 7.09. The first-order valence-corrected chi connectivity index (χ1v) is 8.17. The molecule has 1 aliphatic carbocycles. The van der Waals surface area contributed by atoms with Gasteiger partial charge in [0.2, 0.25) is 5.91 Å². The van der Waals surface area contributed by atoms with E-state index in [-0.39, 0.29) is 17.4 Å². The number of amides is 1. The van der Waals surface area contributed by atoms with Gasteiger partial charge in [-0.1, -0.05) is 26.0 Å². The summed E-state index contributed by atoms with van der Waals surface area (Å²) in [7, 11) is 1.66. The molecule has 0 spiro atoms. The van der Waals surface area contributed by atoms with Gasteiger partial charge in [0.05, 0.1) is 12.5 Å². The molecule has 1 aromatic carbocycles. The van der Waals surface area contributed by atoms with Crippen molar-refractivity contribution in [2.75, 3.05) is 20.2 Å². The molecule has 3 rings (SSSR count). The van der Waals surface area contributed by atoms with Gasteiger partial charge in [-0.15, -0.1) is 0 Å². The van der Waals surface area contributed by atoms with Crippen LogP contribution < -0.4 is 10.5 Å². The van der Waals surface area contributed by atoms with Crippen molar-refractivity contribution in [3.63, 3.8) is 0 Å². The second-order valence-corrected chi connectivity index (χ2v) is 7.09. The number of carbonyl (C=O) groups excluding carboxylic acids is 1. The molecular formula is C18H26N2O2. The summed E-state index contributed by atoms with van der Waals surface area (Å²) in [6.07, 6.45) is 1.88. The fourth-order valence-corrected chi connectivity index (χ4v) is 3.69. The van der Waals surface area contributed by atoms with Gasteiger partial charge in [-0.25, -0.2) is 0 Å². The lowest BCUT2D eigenvalue weighted by Gasteiger charge is -2.24. The summed E-state index contributed by atoms with van der Waals surface area (Å²) in [5.74, 6) is 2.02. The van der Waals surface area contributed by atoms with E-state index in [4.69, 9.17) is 10.5 Å². The minimum Gasteiger partial charge on any atom is -0.497 e. The maximum Gasteiger partial charge on any atom is 0.233 e. The van der Waals surface area contributed by atoms with E-state index in [1.54, 1.807) is 7.11 Å². The minimum atomic E-state index is -0.308. The topological polar surface area (TPSA) is 55.6 Å². The van der Waals surface area contributed by atoms with Gasteiger partial charge < -0.3 is 15.4 Å². The number of methoxy groups -OCH3 is 1. The Labute approximate surface area is 132 Å². The van der Waals surface area contributed by atoms with Gasteiger partial charge in [-0.3, -0.25) is 4.79 Å². The zero-order chi connectivity index (χ0) is 15.9. The van der Waals surface area contributed by atoms with Crippen LogP contribution in [0.5, 0.6) is 5.75 Å². The number of nitrogens with zero attached hydrogens (tertiary/aromatic N) is 1. The van der Waals surface area contributed by atoms with Crippen molar-refractivity contribution >= 4 is 5.91 Å². The Balaban J connectivity index is 1.77. The highest BCUT2D eigenvalue weighted by Crippen LogP contribution is 2.50. The van der Waals surface area contributed by atoms with Crippen molar-refractivity contribution in [2.45, 2.75) is 38.1 Å². The van der Waals surface area contributed by atoms with E-state index in [1.807, 2.05) is 29.2 Å². The second kappa shape index (κ2) is 5.58. The van der Waals surface area contributed by atoms with Crippen LogP contribution in [0, 0.1) is 11.8 Å². The number of rotatable bonds is 4. The first kappa shape index (κ1) is 15.3. The summed E-state index contributed by atoms with van der Waals surface area (Å²) in [5, 5.41) is 0. The van der Waals surface area contributed by atoms with Gasteiger partial charge in [0.25, 0.3) is 0 Å². The van der Waals surface area contributed by atoms with Crippen molar-refractivity contribution in [3.05, 3.63) is 29.8 Å². The maximum atomic E-state index is 13.0. The van der Waals surface area contributed by atoms with E-state index in [2.05, 4.69) is 13.8 Å². The van der Waals surface area contributed by atoms with Crippen LogP contribution in [0.25, 0.3) is 0 Å². The molecule has 0 aromatic heterocycles. The smallest absolute Gasteiger partial charge is 0.233 e. The quantitative estimate of drug-likeness (QED) is 0.927. The molecule has 22 heavy (non-hydrogen) atoms. The largest absolute Gasteiger partial charge is 0.497 e. The van der Waals surface area contributed by atoms with Crippen molar-refractivity contribution in [3.8, 4) is 5.75 Å². The monoisotopic (exact) mass is 302 g/mol. The Kier molecular flexibility index (Phi) is 3.89. The molecule has 0 radical (unpaired) electrons. The molecule has 2 aliphatic rings. The average molecular weight is 302 g/mol. The summed E-state index contributed by atoms with van der Waals surface area (Å²) in [5.41, 5.74) is 7.04. The summed E-state index contributed by atoms with van der Waals surface area (Å²) in [4.78, 5) is 15.0. The van der Waals surface area contributed by atoms with Gasteiger partial charge in [0, 0.05) is 19.1 Å². The van der Waals surface area contributed by atoms with E-state index < -0.39 is 0 Å². The molecule has 2 N–H and O–H groups in total. The van der Waals surface area contributed by atoms with Gasteiger partial charge >= 0.3 is 0 Å². The highest BCUT2D eigenvalue weighted by Gasteiger charge is 2.54. The van der Waals surface area contributed by atoms with Gasteiger partial charge in [0.1, 0.15) is 5.75 Å². The van der Waals surface area contributed by atoms with Crippen molar-refractivity contribution in [1.82, 2.24) is 4.90 Å². The molecule has 2 atom stereocenters. The summed E-state index contributed by atoms with van der Waals surface area (Å²) < 4.78 is 5.21. The molecule has 1 heterocycles. The normalized spacial score (nSPS) is 26.3. The fourth-order valence-electron chi connectivity index (χ4n) is 3.69. The Hall–Kier alpha value is -1.55. The molecule has 4 nitrogen and oxygen atoms in total. The van der Waals surface area contributed by atoms with Crippen LogP contribution in [0.15, 0.2) is 24.3 Å². The first-order chi connectivity index (χ1) is 10.5. The number of nitrogens with two attached hydrogens (primary N) is 1. The summed E-state index contributed by atoms with van der Waals surface area (Å²) in [6.45, 7) is 5.87. The van der Waals surface area contributed by atoms with E-state index in [0.29, 0.717) is 18.4 Å². The molecule has 2 fully saturated rings. The Morgan fingerprint density at radius 2 is 1.91 bits per heavy atom. The van der Waals surface area contributed by atoms with Gasteiger partial charge in [0.15, 0.2) is 0 Å². The fraction of sp³-hybridized carbons (Fsp3) is 0.611. The van der Waals surface area contributed by atoms with Crippen molar-refractivity contribution < 1.29 is 9.53 Å². The number of benzene rings is 1. The minimum absolute atomic E-state index is 0.107. The van der Waals surface area contributed by atoms with Crippen LogP contribution in [0.3, 0.4) is 0 Å². The van der Waals surface area contributed by atoms with E-state index in [1.165, 1.54) is 0 Å². The standard InChI is InChI=1S/C18H26N2O2/c1-12(2)15-10-20(11-16(15)19)17(21)18(8-9-18)13-4-6-14(22-3)7-5-13/h4-7,12,15-16H,8-11,19H2,1-3H3/t15-,16+/m0/s1. The number of likely N-dealkylation sites (tertiary alicyclic amines) is 1. The summed E-state index contributed by atoms with van der Waals surface area (Å²) >= 11 is 0. The molecule has 4 heteroatoms.